The van der Waals surface area contributed by atoms with Crippen LogP contribution in [0.25, 0.3) is 0 Å². The minimum atomic E-state index is 0.631. The Balaban J connectivity index is 1.82. The lowest BCUT2D eigenvalue weighted by atomic mass is 9.85. The van der Waals surface area contributed by atoms with Crippen molar-refractivity contribution in [3.63, 3.8) is 0 Å². The van der Waals surface area contributed by atoms with Crippen LogP contribution in [0, 0.1) is 5.41 Å². The number of nitrogens with zero attached hydrogens (tertiary/aromatic N) is 1. The third kappa shape index (κ3) is 3.03. The SMILES string of the molecule is CCCNC(C)C(C)N1CCC2(CCCC2)C1. The Labute approximate surface area is 107 Å². The maximum absolute atomic E-state index is 3.65. The predicted octanol–water partition coefficient (Wildman–Crippen LogP) is 3.03. The molecule has 0 aromatic carbocycles. The normalized spacial score (nSPS) is 27.7. The van der Waals surface area contributed by atoms with Gasteiger partial charge in [-0.1, -0.05) is 19.8 Å². The molecule has 2 heteroatoms. The summed E-state index contributed by atoms with van der Waals surface area (Å²) in [5.41, 5.74) is 0.721. The average molecular weight is 238 g/mol. The Morgan fingerprint density at radius 3 is 2.53 bits per heavy atom. The molecule has 1 heterocycles. The lowest BCUT2D eigenvalue weighted by Crippen LogP contribution is -2.46. The van der Waals surface area contributed by atoms with E-state index in [-0.39, 0.29) is 0 Å². The van der Waals surface area contributed by atoms with Crippen molar-refractivity contribution in [2.75, 3.05) is 19.6 Å². The Morgan fingerprint density at radius 2 is 1.88 bits per heavy atom. The molecule has 17 heavy (non-hydrogen) atoms. The molecular weight excluding hydrogens is 208 g/mol. The first-order valence-electron chi connectivity index (χ1n) is 7.64. The molecule has 0 bridgehead atoms. The molecule has 0 radical (unpaired) electrons. The molecule has 2 unspecified atom stereocenters. The number of rotatable bonds is 5. The van der Waals surface area contributed by atoms with Gasteiger partial charge in [-0.3, -0.25) is 4.90 Å². The van der Waals surface area contributed by atoms with Crippen LogP contribution in [0.2, 0.25) is 0 Å². The van der Waals surface area contributed by atoms with Crippen molar-refractivity contribution in [2.24, 2.45) is 5.41 Å². The number of hydrogen-bond acceptors (Lipinski definition) is 2. The van der Waals surface area contributed by atoms with E-state index in [0.717, 1.165) is 12.0 Å². The van der Waals surface area contributed by atoms with Crippen molar-refractivity contribution < 1.29 is 0 Å². The van der Waals surface area contributed by atoms with Crippen molar-refractivity contribution in [1.29, 1.82) is 0 Å². The van der Waals surface area contributed by atoms with E-state index < -0.39 is 0 Å². The number of nitrogens with one attached hydrogen (secondary N) is 1. The number of hydrogen-bond donors (Lipinski definition) is 1. The minimum Gasteiger partial charge on any atom is -0.313 e. The molecule has 1 spiro atoms. The van der Waals surface area contributed by atoms with E-state index in [1.54, 1.807) is 0 Å². The smallest absolute Gasteiger partial charge is 0.0218 e. The van der Waals surface area contributed by atoms with Gasteiger partial charge in [-0.25, -0.2) is 0 Å². The van der Waals surface area contributed by atoms with Crippen LogP contribution in [-0.4, -0.2) is 36.6 Å². The van der Waals surface area contributed by atoms with Crippen LogP contribution in [0.5, 0.6) is 0 Å². The largest absolute Gasteiger partial charge is 0.313 e. The summed E-state index contributed by atoms with van der Waals surface area (Å²) in [6, 6.07) is 1.33. The van der Waals surface area contributed by atoms with Gasteiger partial charge in [0.05, 0.1) is 0 Å². The molecule has 2 atom stereocenters. The first kappa shape index (κ1) is 13.4. The zero-order valence-corrected chi connectivity index (χ0v) is 12.0. The summed E-state index contributed by atoms with van der Waals surface area (Å²) in [7, 11) is 0. The molecule has 1 aliphatic carbocycles. The summed E-state index contributed by atoms with van der Waals surface area (Å²) in [4.78, 5) is 2.73. The average Bonchev–Trinajstić information content (AvgIpc) is 2.96. The van der Waals surface area contributed by atoms with Crippen LogP contribution in [0.4, 0.5) is 0 Å². The van der Waals surface area contributed by atoms with Crippen LogP contribution in [0.1, 0.15) is 59.3 Å². The monoisotopic (exact) mass is 238 g/mol. The van der Waals surface area contributed by atoms with Gasteiger partial charge >= 0.3 is 0 Å². The molecule has 2 nitrogen and oxygen atoms in total. The molecule has 1 saturated heterocycles. The van der Waals surface area contributed by atoms with Crippen molar-refractivity contribution >= 4 is 0 Å². The maximum Gasteiger partial charge on any atom is 0.0218 e. The summed E-state index contributed by atoms with van der Waals surface area (Å²) >= 11 is 0. The molecule has 2 fully saturated rings. The number of likely N-dealkylation sites (tertiary alicyclic amines) is 1. The molecule has 2 aliphatic rings. The summed E-state index contributed by atoms with van der Waals surface area (Å²) in [6.07, 6.45) is 8.64. The standard InChI is InChI=1S/C15H30N2/c1-4-10-16-13(2)14(3)17-11-9-15(12-17)7-5-6-8-15/h13-14,16H,4-12H2,1-3H3. The lowest BCUT2D eigenvalue weighted by molar-refractivity contribution is 0.184. The summed E-state index contributed by atoms with van der Waals surface area (Å²) in [5.74, 6) is 0. The van der Waals surface area contributed by atoms with Gasteiger partial charge in [-0.2, -0.15) is 0 Å². The van der Waals surface area contributed by atoms with Crippen molar-refractivity contribution in [3.05, 3.63) is 0 Å². The van der Waals surface area contributed by atoms with E-state index in [4.69, 9.17) is 0 Å². The first-order chi connectivity index (χ1) is 8.17. The highest BCUT2D eigenvalue weighted by Crippen LogP contribution is 2.45. The molecule has 1 aliphatic heterocycles. The zero-order valence-electron chi connectivity index (χ0n) is 12.0. The van der Waals surface area contributed by atoms with Crippen LogP contribution >= 0.6 is 0 Å². The van der Waals surface area contributed by atoms with E-state index in [0.29, 0.717) is 12.1 Å². The van der Waals surface area contributed by atoms with Crippen LogP contribution in [0.15, 0.2) is 0 Å². The van der Waals surface area contributed by atoms with Crippen molar-refractivity contribution in [1.82, 2.24) is 10.2 Å². The quantitative estimate of drug-likeness (QED) is 0.792. The highest BCUT2D eigenvalue weighted by Gasteiger charge is 2.41. The second-order valence-corrected chi connectivity index (χ2v) is 6.41. The maximum atomic E-state index is 3.65. The van der Waals surface area contributed by atoms with Crippen molar-refractivity contribution in [3.8, 4) is 0 Å². The van der Waals surface area contributed by atoms with Crippen molar-refractivity contribution in [2.45, 2.75) is 71.4 Å². The zero-order chi connectivity index (χ0) is 12.3. The molecule has 0 aromatic rings. The third-order valence-corrected chi connectivity index (χ3v) is 5.15. The molecule has 0 amide bonds. The predicted molar refractivity (Wildman–Crippen MR) is 74.3 cm³/mol. The minimum absolute atomic E-state index is 0.631. The lowest BCUT2D eigenvalue weighted by Gasteiger charge is -2.32. The Hall–Kier alpha value is -0.0800. The van der Waals surface area contributed by atoms with Gasteiger partial charge in [-0.05, 0) is 58.0 Å². The highest BCUT2D eigenvalue weighted by molar-refractivity contribution is 4.95. The van der Waals surface area contributed by atoms with Gasteiger partial charge in [0.15, 0.2) is 0 Å². The molecule has 1 N–H and O–H groups in total. The Bertz CT molecular complexity index is 233. The second-order valence-electron chi connectivity index (χ2n) is 6.41. The summed E-state index contributed by atoms with van der Waals surface area (Å²) in [5, 5.41) is 3.65. The first-order valence-corrected chi connectivity index (χ1v) is 7.64. The molecule has 100 valence electrons. The van der Waals surface area contributed by atoms with Crippen LogP contribution in [-0.2, 0) is 0 Å². The third-order valence-electron chi connectivity index (χ3n) is 5.15. The van der Waals surface area contributed by atoms with E-state index in [9.17, 15) is 0 Å². The molecule has 2 rings (SSSR count). The fourth-order valence-corrected chi connectivity index (χ4v) is 3.71. The van der Waals surface area contributed by atoms with Gasteiger partial charge in [0, 0.05) is 18.6 Å². The van der Waals surface area contributed by atoms with Gasteiger partial charge in [-0.15, -0.1) is 0 Å². The second kappa shape index (κ2) is 5.71. The molecule has 0 aromatic heterocycles. The molecular formula is C15H30N2. The Kier molecular flexibility index (Phi) is 4.48. The summed E-state index contributed by atoms with van der Waals surface area (Å²) in [6.45, 7) is 10.9. The van der Waals surface area contributed by atoms with E-state index in [1.807, 2.05) is 0 Å². The van der Waals surface area contributed by atoms with Crippen LogP contribution in [0.3, 0.4) is 0 Å². The fraction of sp³-hybridized carbons (Fsp3) is 1.00. The van der Waals surface area contributed by atoms with Gasteiger partial charge in [0.2, 0.25) is 0 Å². The van der Waals surface area contributed by atoms with E-state index in [2.05, 4.69) is 31.0 Å². The van der Waals surface area contributed by atoms with E-state index >= 15 is 0 Å². The topological polar surface area (TPSA) is 15.3 Å². The van der Waals surface area contributed by atoms with Gasteiger partial charge in [0.1, 0.15) is 0 Å². The van der Waals surface area contributed by atoms with Gasteiger partial charge in [0.25, 0.3) is 0 Å². The van der Waals surface area contributed by atoms with E-state index in [1.165, 1.54) is 51.6 Å². The fourth-order valence-electron chi connectivity index (χ4n) is 3.71. The molecule has 1 saturated carbocycles. The summed E-state index contributed by atoms with van der Waals surface area (Å²) < 4.78 is 0. The van der Waals surface area contributed by atoms with Crippen LogP contribution < -0.4 is 5.32 Å². The highest BCUT2D eigenvalue weighted by atomic mass is 15.2. The van der Waals surface area contributed by atoms with Gasteiger partial charge < -0.3 is 5.32 Å². The Morgan fingerprint density at radius 1 is 1.18 bits per heavy atom.